The van der Waals surface area contributed by atoms with Gasteiger partial charge in [-0.2, -0.15) is 9.61 Å². The molecule has 2 saturated heterocycles. The lowest BCUT2D eigenvalue weighted by atomic mass is 10.2. The minimum absolute atomic E-state index is 0.511. The number of rotatable bonds is 1. The molecule has 2 bridgehead atoms. The van der Waals surface area contributed by atoms with Crippen molar-refractivity contribution in [2.45, 2.75) is 18.5 Å². The Hall–Kier alpha value is -0.860. The van der Waals surface area contributed by atoms with Crippen molar-refractivity contribution in [3.63, 3.8) is 0 Å². The first-order valence-corrected chi connectivity index (χ1v) is 7.72. The number of aromatic nitrogens is 3. The van der Waals surface area contributed by atoms with Gasteiger partial charge in [-0.1, -0.05) is 0 Å². The van der Waals surface area contributed by atoms with Crippen molar-refractivity contribution >= 4 is 49.1 Å². The van der Waals surface area contributed by atoms with Crippen LogP contribution in [-0.4, -0.2) is 39.8 Å². The van der Waals surface area contributed by atoms with Crippen LogP contribution in [0.3, 0.4) is 0 Å². The third kappa shape index (κ3) is 1.63. The summed E-state index contributed by atoms with van der Waals surface area (Å²) >= 11 is 7.03. The van der Waals surface area contributed by atoms with Crippen molar-refractivity contribution in [2.75, 3.05) is 23.7 Å². The summed E-state index contributed by atoms with van der Waals surface area (Å²) < 4.78 is 3.32. The van der Waals surface area contributed by atoms with Crippen molar-refractivity contribution in [1.29, 1.82) is 0 Å². The van der Waals surface area contributed by atoms with Gasteiger partial charge in [-0.05, 0) is 38.3 Å². The maximum Gasteiger partial charge on any atom is 0.173 e. The van der Waals surface area contributed by atoms with Gasteiger partial charge in [0.1, 0.15) is 16.1 Å². The zero-order valence-corrected chi connectivity index (χ0v) is 13.1. The van der Waals surface area contributed by atoms with Crippen LogP contribution in [-0.2, 0) is 0 Å². The number of hydrogen-bond acceptors (Lipinski definition) is 5. The van der Waals surface area contributed by atoms with Crippen LogP contribution >= 0.6 is 31.9 Å². The Labute approximate surface area is 126 Å². The van der Waals surface area contributed by atoms with E-state index in [0.717, 1.165) is 33.5 Å². The Morgan fingerprint density at radius 3 is 2.95 bits per heavy atom. The van der Waals surface area contributed by atoms with Crippen molar-refractivity contribution < 1.29 is 0 Å². The lowest BCUT2D eigenvalue weighted by Crippen LogP contribution is -2.44. The molecule has 0 radical (unpaired) electrons. The van der Waals surface area contributed by atoms with E-state index >= 15 is 0 Å². The summed E-state index contributed by atoms with van der Waals surface area (Å²) in [5.41, 5.74) is 6.90. The van der Waals surface area contributed by atoms with Crippen molar-refractivity contribution in [3.05, 3.63) is 15.1 Å². The maximum absolute atomic E-state index is 6.15. The molecule has 0 aliphatic carbocycles. The fourth-order valence-corrected chi connectivity index (χ4v) is 3.80. The van der Waals surface area contributed by atoms with E-state index < -0.39 is 0 Å². The largest absolute Gasteiger partial charge is 0.383 e. The molecule has 0 unspecified atom stereocenters. The molecule has 4 heterocycles. The van der Waals surface area contributed by atoms with Crippen LogP contribution in [0.25, 0.3) is 5.65 Å². The number of nitrogens with two attached hydrogens (primary N) is 1. The lowest BCUT2D eigenvalue weighted by molar-refractivity contribution is 0.576. The number of nitrogens with one attached hydrogen (secondary N) is 1. The van der Waals surface area contributed by atoms with Crippen molar-refractivity contribution in [3.8, 4) is 0 Å². The highest BCUT2D eigenvalue weighted by atomic mass is 79.9. The van der Waals surface area contributed by atoms with Crippen LogP contribution in [0.5, 0.6) is 0 Å². The Morgan fingerprint density at radius 2 is 2.26 bits per heavy atom. The standard InChI is InChI=1S/C11H12Br2N6/c12-7-3-16-19-9(14)8(13)11(17-10(7)19)18-4-5-1-6(18)2-15-5/h3,5-6,15H,1-2,4,14H2/t5-,6-/m0/s1. The summed E-state index contributed by atoms with van der Waals surface area (Å²) in [6.07, 6.45) is 2.90. The summed E-state index contributed by atoms with van der Waals surface area (Å²) in [4.78, 5) is 7.06. The van der Waals surface area contributed by atoms with Gasteiger partial charge in [0.05, 0.1) is 10.7 Å². The quantitative estimate of drug-likeness (QED) is 0.773. The summed E-state index contributed by atoms with van der Waals surface area (Å²) in [6.45, 7) is 2.00. The second kappa shape index (κ2) is 4.07. The average molecular weight is 388 g/mol. The van der Waals surface area contributed by atoms with Crippen LogP contribution in [0, 0.1) is 0 Å². The lowest BCUT2D eigenvalue weighted by Gasteiger charge is -2.29. The first kappa shape index (κ1) is 11.9. The highest BCUT2D eigenvalue weighted by molar-refractivity contribution is 9.11. The summed E-state index contributed by atoms with van der Waals surface area (Å²) in [7, 11) is 0. The minimum atomic E-state index is 0.511. The van der Waals surface area contributed by atoms with Crippen LogP contribution in [0.2, 0.25) is 0 Å². The van der Waals surface area contributed by atoms with E-state index in [9.17, 15) is 0 Å². The third-order valence-electron chi connectivity index (χ3n) is 3.89. The Kier molecular flexibility index (Phi) is 2.55. The molecule has 2 aliphatic heterocycles. The molecular weight excluding hydrogens is 376 g/mol. The summed E-state index contributed by atoms with van der Waals surface area (Å²) in [5.74, 6) is 1.50. The topological polar surface area (TPSA) is 71.5 Å². The first-order valence-electron chi connectivity index (χ1n) is 6.13. The van der Waals surface area contributed by atoms with E-state index in [1.807, 2.05) is 0 Å². The number of piperazine rings is 1. The normalized spacial score (nSPS) is 25.7. The van der Waals surface area contributed by atoms with Crippen LogP contribution in [0.15, 0.2) is 15.1 Å². The van der Waals surface area contributed by atoms with E-state index in [2.05, 4.69) is 47.2 Å². The van der Waals surface area contributed by atoms with E-state index in [1.54, 1.807) is 10.7 Å². The number of halogens is 2. The van der Waals surface area contributed by atoms with Gasteiger partial charge in [-0.25, -0.2) is 4.98 Å². The Balaban J connectivity index is 1.89. The molecule has 8 heteroatoms. The molecule has 6 nitrogen and oxygen atoms in total. The maximum atomic E-state index is 6.15. The number of fused-ring (bicyclic) bond motifs is 3. The van der Waals surface area contributed by atoms with Crippen LogP contribution in [0.4, 0.5) is 11.6 Å². The number of nitrogen functional groups attached to an aromatic ring is 1. The predicted octanol–water partition coefficient (Wildman–Crippen LogP) is 1.39. The van der Waals surface area contributed by atoms with Gasteiger partial charge in [0.25, 0.3) is 0 Å². The molecule has 0 aromatic carbocycles. The minimum Gasteiger partial charge on any atom is -0.383 e. The third-order valence-corrected chi connectivity index (χ3v) is 5.21. The van der Waals surface area contributed by atoms with Crippen LogP contribution in [0.1, 0.15) is 6.42 Å². The summed E-state index contributed by atoms with van der Waals surface area (Å²) in [5, 5.41) is 7.71. The van der Waals surface area contributed by atoms with Crippen molar-refractivity contribution in [2.24, 2.45) is 0 Å². The number of anilines is 2. The first-order chi connectivity index (χ1) is 9.15. The fourth-order valence-electron chi connectivity index (χ4n) is 2.97. The van der Waals surface area contributed by atoms with Gasteiger partial charge in [0.2, 0.25) is 0 Å². The molecule has 3 N–H and O–H groups in total. The van der Waals surface area contributed by atoms with Crippen molar-refractivity contribution in [1.82, 2.24) is 19.9 Å². The van der Waals surface area contributed by atoms with E-state index in [0.29, 0.717) is 17.9 Å². The highest BCUT2D eigenvalue weighted by Crippen LogP contribution is 2.37. The number of hydrogen-bond donors (Lipinski definition) is 2. The van der Waals surface area contributed by atoms with E-state index in [-0.39, 0.29) is 0 Å². The Morgan fingerprint density at radius 1 is 1.42 bits per heavy atom. The summed E-state index contributed by atoms with van der Waals surface area (Å²) in [6, 6.07) is 1.09. The molecule has 2 aromatic rings. The molecule has 100 valence electrons. The zero-order chi connectivity index (χ0) is 13.1. The molecule has 2 aromatic heterocycles. The average Bonchev–Trinajstić information content (AvgIpc) is 3.09. The molecular formula is C11H12Br2N6. The molecule has 2 aliphatic rings. The van der Waals surface area contributed by atoms with Gasteiger partial charge in [0, 0.05) is 25.2 Å². The van der Waals surface area contributed by atoms with Gasteiger partial charge in [0.15, 0.2) is 5.65 Å². The molecule has 2 atom stereocenters. The number of nitrogens with zero attached hydrogens (tertiary/aromatic N) is 4. The molecule has 2 fully saturated rings. The zero-order valence-electron chi connectivity index (χ0n) is 9.98. The van der Waals surface area contributed by atoms with Gasteiger partial charge >= 0.3 is 0 Å². The second-order valence-corrected chi connectivity index (χ2v) is 6.66. The van der Waals surface area contributed by atoms with E-state index in [4.69, 9.17) is 10.7 Å². The Bertz CT molecular complexity index is 669. The molecule has 0 amide bonds. The van der Waals surface area contributed by atoms with Crippen LogP contribution < -0.4 is 16.0 Å². The smallest absolute Gasteiger partial charge is 0.173 e. The second-order valence-electron chi connectivity index (χ2n) is 5.01. The van der Waals surface area contributed by atoms with Gasteiger partial charge in [-0.3, -0.25) is 0 Å². The SMILES string of the molecule is Nc1c(Br)c(N2C[C@@H]3C[C@H]2CN3)nc2c(Br)cnn12. The molecule has 0 spiro atoms. The molecule has 19 heavy (non-hydrogen) atoms. The highest BCUT2D eigenvalue weighted by Gasteiger charge is 2.39. The van der Waals surface area contributed by atoms with Gasteiger partial charge in [-0.15, -0.1) is 0 Å². The van der Waals surface area contributed by atoms with Gasteiger partial charge < -0.3 is 16.0 Å². The predicted molar refractivity (Wildman–Crippen MR) is 80.3 cm³/mol. The molecule has 0 saturated carbocycles. The van der Waals surface area contributed by atoms with E-state index in [1.165, 1.54) is 6.42 Å². The monoisotopic (exact) mass is 386 g/mol. The molecule has 4 rings (SSSR count). The fraction of sp³-hybridized carbons (Fsp3) is 0.455.